The average molecular weight is 271 g/mol. The monoisotopic (exact) mass is 271 g/mol. The fourth-order valence-corrected chi connectivity index (χ4v) is 2.56. The zero-order chi connectivity index (χ0) is 13.6. The standard InChI is InChI=1S/C11H14FN3O2S/c1-4-11(2,3)14-6-9(16)15(17,7-14)10-13-5-8(12)18-10/h1,5,9,16H,6-7H2,2-3H3. The van der Waals surface area contributed by atoms with E-state index in [0.29, 0.717) is 11.3 Å². The number of halogens is 1. The SMILES string of the molecule is C#CC(C)(C)N1CC(O)[N+]([O-])(c2ncc(F)s2)C1. The molecular weight excluding hydrogens is 257 g/mol. The maximum absolute atomic E-state index is 13.0. The second-order valence-electron chi connectivity index (χ2n) is 4.79. The van der Waals surface area contributed by atoms with Crippen LogP contribution in [0.15, 0.2) is 6.20 Å². The molecule has 1 N–H and O–H groups in total. The molecule has 1 saturated heterocycles. The first-order valence-corrected chi connectivity index (χ1v) is 6.23. The van der Waals surface area contributed by atoms with E-state index in [1.165, 1.54) is 0 Å². The van der Waals surface area contributed by atoms with Crippen LogP contribution in [-0.2, 0) is 0 Å². The Morgan fingerprint density at radius 1 is 1.78 bits per heavy atom. The highest BCUT2D eigenvalue weighted by atomic mass is 32.1. The number of nitrogens with zero attached hydrogens (tertiary/aromatic N) is 3. The van der Waals surface area contributed by atoms with E-state index in [2.05, 4.69) is 10.9 Å². The highest BCUT2D eigenvalue weighted by Crippen LogP contribution is 2.35. The highest BCUT2D eigenvalue weighted by molar-refractivity contribution is 7.13. The van der Waals surface area contributed by atoms with E-state index < -0.39 is 21.5 Å². The Labute approximate surface area is 109 Å². The van der Waals surface area contributed by atoms with E-state index in [-0.39, 0.29) is 18.3 Å². The molecule has 0 spiro atoms. The molecule has 0 bridgehead atoms. The van der Waals surface area contributed by atoms with Crippen molar-refractivity contribution in [1.29, 1.82) is 0 Å². The molecule has 1 aromatic heterocycles. The van der Waals surface area contributed by atoms with Crippen molar-refractivity contribution in [1.82, 2.24) is 14.5 Å². The van der Waals surface area contributed by atoms with Crippen LogP contribution in [0.3, 0.4) is 0 Å². The van der Waals surface area contributed by atoms with Crippen LogP contribution in [0, 0.1) is 22.7 Å². The molecule has 1 aromatic rings. The Morgan fingerprint density at radius 3 is 2.94 bits per heavy atom. The highest BCUT2D eigenvalue weighted by Gasteiger charge is 2.46. The molecule has 0 saturated carbocycles. The summed E-state index contributed by atoms with van der Waals surface area (Å²) in [4.78, 5) is 5.43. The molecule has 5 nitrogen and oxygen atoms in total. The molecule has 2 rings (SSSR count). The summed E-state index contributed by atoms with van der Waals surface area (Å²) in [5.41, 5.74) is -0.638. The zero-order valence-corrected chi connectivity index (χ0v) is 10.9. The Balaban J connectivity index is 2.29. The lowest BCUT2D eigenvalue weighted by molar-refractivity contribution is 0.0842. The van der Waals surface area contributed by atoms with Crippen molar-refractivity contribution in [3.05, 3.63) is 16.5 Å². The number of aromatic nitrogens is 1. The van der Waals surface area contributed by atoms with Gasteiger partial charge in [-0.05, 0) is 25.2 Å². The molecule has 18 heavy (non-hydrogen) atoms. The van der Waals surface area contributed by atoms with E-state index >= 15 is 0 Å². The molecule has 1 aliphatic heterocycles. The van der Waals surface area contributed by atoms with Gasteiger partial charge in [0.15, 0.2) is 0 Å². The van der Waals surface area contributed by atoms with Gasteiger partial charge in [-0.2, -0.15) is 9.37 Å². The third-order valence-corrected chi connectivity index (χ3v) is 4.08. The Hall–Kier alpha value is -1.04. The minimum absolute atomic E-state index is 0.00956. The summed E-state index contributed by atoms with van der Waals surface area (Å²) in [6.45, 7) is 3.68. The van der Waals surface area contributed by atoms with Crippen molar-refractivity contribution in [2.45, 2.75) is 25.6 Å². The number of hydrogen-bond acceptors (Lipinski definition) is 5. The summed E-state index contributed by atoms with van der Waals surface area (Å²) in [6.07, 6.45) is 5.19. The van der Waals surface area contributed by atoms with Crippen LogP contribution in [0.1, 0.15) is 13.8 Å². The van der Waals surface area contributed by atoms with Gasteiger partial charge in [-0.1, -0.05) is 5.92 Å². The number of rotatable bonds is 2. The van der Waals surface area contributed by atoms with Gasteiger partial charge in [-0.15, -0.1) is 6.42 Å². The molecule has 2 unspecified atom stereocenters. The van der Waals surface area contributed by atoms with Gasteiger partial charge < -0.3 is 10.3 Å². The number of hydroxylamine groups is 2. The summed E-state index contributed by atoms with van der Waals surface area (Å²) in [5, 5.41) is 22.0. The van der Waals surface area contributed by atoms with Gasteiger partial charge in [0.2, 0.25) is 11.4 Å². The Morgan fingerprint density at radius 2 is 2.44 bits per heavy atom. The maximum atomic E-state index is 13.0. The van der Waals surface area contributed by atoms with Crippen LogP contribution >= 0.6 is 11.3 Å². The smallest absolute Gasteiger partial charge is 0.292 e. The molecule has 0 aliphatic carbocycles. The fourth-order valence-electron chi connectivity index (χ4n) is 1.84. The normalized spacial score (nSPS) is 29.4. The molecule has 2 heterocycles. The average Bonchev–Trinajstić information content (AvgIpc) is 2.86. The number of aliphatic hydroxyl groups excluding tert-OH is 1. The van der Waals surface area contributed by atoms with Gasteiger partial charge in [0.25, 0.3) is 5.13 Å². The van der Waals surface area contributed by atoms with Crippen LogP contribution in [0.4, 0.5) is 9.52 Å². The summed E-state index contributed by atoms with van der Waals surface area (Å²) < 4.78 is 11.9. The molecule has 1 aliphatic rings. The lowest BCUT2D eigenvalue weighted by atomic mass is 10.1. The first-order valence-electron chi connectivity index (χ1n) is 5.41. The summed E-state index contributed by atoms with van der Waals surface area (Å²) in [6, 6.07) is 0. The van der Waals surface area contributed by atoms with Crippen molar-refractivity contribution in [3.63, 3.8) is 0 Å². The molecule has 1 fully saturated rings. The van der Waals surface area contributed by atoms with Gasteiger partial charge in [0, 0.05) is 0 Å². The van der Waals surface area contributed by atoms with E-state index in [1.54, 1.807) is 18.7 Å². The van der Waals surface area contributed by atoms with Gasteiger partial charge in [0.05, 0.1) is 18.3 Å². The molecule has 7 heteroatoms. The predicted octanol–water partition coefficient (Wildman–Crippen LogP) is 1.09. The lowest BCUT2D eigenvalue weighted by Gasteiger charge is -2.38. The molecular formula is C11H14FN3O2S. The minimum atomic E-state index is -1.21. The third-order valence-electron chi connectivity index (χ3n) is 3.18. The number of β-amino-alcohol motifs (C(OH)–C–C–N with tert-alkyl or cyclic N) is 1. The summed E-state index contributed by atoms with van der Waals surface area (Å²) in [7, 11) is 0. The quantitative estimate of drug-likeness (QED) is 0.497. The van der Waals surface area contributed by atoms with E-state index in [1.807, 2.05) is 0 Å². The van der Waals surface area contributed by atoms with E-state index in [4.69, 9.17) is 6.42 Å². The van der Waals surface area contributed by atoms with Crippen LogP contribution in [0.2, 0.25) is 0 Å². The van der Waals surface area contributed by atoms with Crippen LogP contribution < -0.4 is 4.65 Å². The number of thiazole rings is 1. The van der Waals surface area contributed by atoms with Crippen molar-refractivity contribution in [3.8, 4) is 12.3 Å². The second kappa shape index (κ2) is 4.26. The fraction of sp³-hybridized carbons (Fsp3) is 0.545. The van der Waals surface area contributed by atoms with Crippen LogP contribution in [0.5, 0.6) is 0 Å². The molecule has 0 aromatic carbocycles. The third kappa shape index (κ3) is 2.02. The lowest BCUT2D eigenvalue weighted by Crippen LogP contribution is -2.50. The zero-order valence-electron chi connectivity index (χ0n) is 10.1. The van der Waals surface area contributed by atoms with E-state index in [0.717, 1.165) is 6.20 Å². The summed E-state index contributed by atoms with van der Waals surface area (Å²) in [5.74, 6) is 2.57. The van der Waals surface area contributed by atoms with Gasteiger partial charge in [-0.25, -0.2) is 4.90 Å². The Kier molecular flexibility index (Phi) is 3.17. The van der Waals surface area contributed by atoms with Crippen molar-refractivity contribution in [2.24, 2.45) is 0 Å². The first-order chi connectivity index (χ1) is 8.29. The largest absolute Gasteiger partial charge is 0.623 e. The molecule has 98 valence electrons. The number of terminal acetylenes is 1. The van der Waals surface area contributed by atoms with Crippen molar-refractivity contribution in [2.75, 3.05) is 13.2 Å². The van der Waals surface area contributed by atoms with E-state index in [9.17, 15) is 14.7 Å². The molecule has 0 amide bonds. The van der Waals surface area contributed by atoms with Crippen molar-refractivity contribution < 1.29 is 9.50 Å². The number of quaternary nitrogens is 1. The number of hydrogen-bond donors (Lipinski definition) is 1. The molecule has 0 radical (unpaired) electrons. The summed E-state index contributed by atoms with van der Waals surface area (Å²) >= 11 is 0.651. The number of aliphatic hydroxyl groups is 1. The van der Waals surface area contributed by atoms with Crippen LogP contribution in [-0.4, -0.2) is 40.0 Å². The predicted molar refractivity (Wildman–Crippen MR) is 67.7 cm³/mol. The molecule has 2 atom stereocenters. The van der Waals surface area contributed by atoms with Crippen molar-refractivity contribution >= 4 is 16.5 Å². The second-order valence-corrected chi connectivity index (χ2v) is 5.75. The van der Waals surface area contributed by atoms with Gasteiger partial charge in [0.1, 0.15) is 6.67 Å². The van der Waals surface area contributed by atoms with Gasteiger partial charge in [-0.3, -0.25) is 4.65 Å². The topological polar surface area (TPSA) is 59.4 Å². The minimum Gasteiger partial charge on any atom is -0.623 e. The van der Waals surface area contributed by atoms with Crippen LogP contribution in [0.25, 0.3) is 0 Å². The first kappa shape index (κ1) is 13.4. The van der Waals surface area contributed by atoms with Gasteiger partial charge >= 0.3 is 0 Å². The maximum Gasteiger partial charge on any atom is 0.292 e. The Bertz CT molecular complexity index is 499.